The molecule has 16 heavy (non-hydrogen) atoms. The molecule has 2 heteroatoms. The Balaban J connectivity index is 0.000000606. The highest BCUT2D eigenvalue weighted by Gasteiger charge is 2.18. The van der Waals surface area contributed by atoms with E-state index in [4.69, 9.17) is 0 Å². The third kappa shape index (κ3) is 2.57. The first-order valence-corrected chi connectivity index (χ1v) is 5.79. The van der Waals surface area contributed by atoms with Crippen molar-refractivity contribution in [3.05, 3.63) is 36.3 Å². The van der Waals surface area contributed by atoms with Crippen molar-refractivity contribution in [3.8, 4) is 0 Å². The first kappa shape index (κ1) is 12.6. The van der Waals surface area contributed by atoms with Crippen LogP contribution in [0.1, 0.15) is 40.3 Å². The molecule has 0 N–H and O–H groups in total. The van der Waals surface area contributed by atoms with Crippen molar-refractivity contribution >= 4 is 10.9 Å². The molecule has 0 aliphatic carbocycles. The fourth-order valence-electron chi connectivity index (χ4n) is 1.60. The molecule has 86 valence electrons. The largest absolute Gasteiger partial charge is 0.240 e. The number of nitrogens with zero attached hydrogens (tertiary/aromatic N) is 2. The number of aromatic nitrogens is 2. The van der Waals surface area contributed by atoms with E-state index in [1.54, 1.807) is 6.33 Å². The van der Waals surface area contributed by atoms with Gasteiger partial charge in [0.2, 0.25) is 0 Å². The number of para-hydroxylation sites is 1. The van der Waals surface area contributed by atoms with Gasteiger partial charge in [-0.25, -0.2) is 9.97 Å². The van der Waals surface area contributed by atoms with E-state index in [1.165, 1.54) is 0 Å². The fourth-order valence-corrected chi connectivity index (χ4v) is 1.60. The van der Waals surface area contributed by atoms with Gasteiger partial charge in [-0.05, 0) is 6.07 Å². The number of hydrogen-bond acceptors (Lipinski definition) is 2. The molecule has 0 saturated carbocycles. The SMILES string of the molecule is CC.CC(C)(C)c1ncnc2ccccc12. The summed E-state index contributed by atoms with van der Waals surface area (Å²) in [7, 11) is 0. The van der Waals surface area contributed by atoms with E-state index in [0.717, 1.165) is 16.6 Å². The summed E-state index contributed by atoms with van der Waals surface area (Å²) in [5.41, 5.74) is 2.21. The standard InChI is InChI=1S/C12H14N2.C2H6/c1-12(2,3)11-9-6-4-5-7-10(9)13-8-14-11;1-2/h4-8H,1-3H3;1-2H3. The van der Waals surface area contributed by atoms with Crippen LogP contribution in [0.15, 0.2) is 30.6 Å². The molecule has 0 atom stereocenters. The van der Waals surface area contributed by atoms with Crippen LogP contribution < -0.4 is 0 Å². The molecule has 1 aromatic carbocycles. The van der Waals surface area contributed by atoms with Gasteiger partial charge < -0.3 is 0 Å². The maximum Gasteiger partial charge on any atom is 0.116 e. The minimum absolute atomic E-state index is 0.0720. The average molecular weight is 216 g/mol. The summed E-state index contributed by atoms with van der Waals surface area (Å²) in [6.45, 7) is 10.5. The smallest absolute Gasteiger partial charge is 0.116 e. The Bertz CT molecular complexity index is 450. The van der Waals surface area contributed by atoms with Crippen molar-refractivity contribution in [2.45, 2.75) is 40.0 Å². The molecule has 1 aromatic heterocycles. The Labute approximate surface area is 97.7 Å². The maximum atomic E-state index is 4.37. The van der Waals surface area contributed by atoms with Gasteiger partial charge >= 0.3 is 0 Å². The maximum absolute atomic E-state index is 4.37. The molecule has 0 aliphatic rings. The minimum atomic E-state index is 0.0720. The monoisotopic (exact) mass is 216 g/mol. The van der Waals surface area contributed by atoms with Gasteiger partial charge in [0, 0.05) is 10.8 Å². The average Bonchev–Trinajstić information content (AvgIpc) is 2.30. The van der Waals surface area contributed by atoms with Crippen LogP contribution in [-0.2, 0) is 5.41 Å². The summed E-state index contributed by atoms with van der Waals surface area (Å²) < 4.78 is 0. The van der Waals surface area contributed by atoms with Crippen LogP contribution in [0.25, 0.3) is 10.9 Å². The van der Waals surface area contributed by atoms with Crippen molar-refractivity contribution in [2.75, 3.05) is 0 Å². The van der Waals surface area contributed by atoms with E-state index in [-0.39, 0.29) is 5.41 Å². The predicted molar refractivity (Wildman–Crippen MR) is 69.6 cm³/mol. The van der Waals surface area contributed by atoms with E-state index < -0.39 is 0 Å². The summed E-state index contributed by atoms with van der Waals surface area (Å²) >= 11 is 0. The molecular weight excluding hydrogens is 196 g/mol. The van der Waals surface area contributed by atoms with Crippen LogP contribution in [0.3, 0.4) is 0 Å². The number of rotatable bonds is 0. The first-order valence-electron chi connectivity index (χ1n) is 5.79. The first-order chi connectivity index (χ1) is 7.59. The topological polar surface area (TPSA) is 25.8 Å². The zero-order valence-corrected chi connectivity index (χ0v) is 10.8. The van der Waals surface area contributed by atoms with Gasteiger partial charge in [-0.2, -0.15) is 0 Å². The van der Waals surface area contributed by atoms with Crippen LogP contribution in [0, 0.1) is 0 Å². The Morgan fingerprint density at radius 3 is 2.19 bits per heavy atom. The molecule has 0 unspecified atom stereocenters. The van der Waals surface area contributed by atoms with Gasteiger partial charge in [-0.1, -0.05) is 52.8 Å². The second kappa shape index (κ2) is 5.06. The third-order valence-electron chi connectivity index (χ3n) is 2.25. The second-order valence-corrected chi connectivity index (χ2v) is 4.49. The molecule has 2 aromatic rings. The van der Waals surface area contributed by atoms with Crippen LogP contribution in [0.2, 0.25) is 0 Å². The number of fused-ring (bicyclic) bond motifs is 1. The van der Waals surface area contributed by atoms with Gasteiger partial charge in [-0.15, -0.1) is 0 Å². The quantitative estimate of drug-likeness (QED) is 0.666. The fraction of sp³-hybridized carbons (Fsp3) is 0.429. The third-order valence-corrected chi connectivity index (χ3v) is 2.25. The summed E-state index contributed by atoms with van der Waals surface area (Å²) in [5, 5.41) is 1.16. The minimum Gasteiger partial charge on any atom is -0.240 e. The van der Waals surface area contributed by atoms with Crippen molar-refractivity contribution in [3.63, 3.8) is 0 Å². The Morgan fingerprint density at radius 2 is 1.56 bits per heavy atom. The van der Waals surface area contributed by atoms with Crippen LogP contribution in [0.5, 0.6) is 0 Å². The van der Waals surface area contributed by atoms with E-state index in [1.807, 2.05) is 32.0 Å². The van der Waals surface area contributed by atoms with E-state index >= 15 is 0 Å². The van der Waals surface area contributed by atoms with Crippen molar-refractivity contribution in [1.29, 1.82) is 0 Å². The lowest BCUT2D eigenvalue weighted by molar-refractivity contribution is 0.574. The lowest BCUT2D eigenvalue weighted by atomic mass is 9.89. The van der Waals surface area contributed by atoms with Gasteiger partial charge in [0.25, 0.3) is 0 Å². The van der Waals surface area contributed by atoms with Crippen LogP contribution in [0.4, 0.5) is 0 Å². The molecule has 0 aliphatic heterocycles. The van der Waals surface area contributed by atoms with Crippen molar-refractivity contribution < 1.29 is 0 Å². The molecule has 0 spiro atoms. The molecule has 2 nitrogen and oxygen atoms in total. The molecule has 0 bridgehead atoms. The predicted octanol–water partition coefficient (Wildman–Crippen LogP) is 3.95. The highest BCUT2D eigenvalue weighted by atomic mass is 14.8. The van der Waals surface area contributed by atoms with Gasteiger partial charge in [0.15, 0.2) is 0 Å². The van der Waals surface area contributed by atoms with E-state index in [9.17, 15) is 0 Å². The number of hydrogen-bond donors (Lipinski definition) is 0. The van der Waals surface area contributed by atoms with Gasteiger partial charge in [0.1, 0.15) is 6.33 Å². The van der Waals surface area contributed by atoms with Crippen LogP contribution >= 0.6 is 0 Å². The van der Waals surface area contributed by atoms with Crippen molar-refractivity contribution in [1.82, 2.24) is 9.97 Å². The lowest BCUT2D eigenvalue weighted by Crippen LogP contribution is -2.14. The summed E-state index contributed by atoms with van der Waals surface area (Å²) in [6.07, 6.45) is 1.64. The highest BCUT2D eigenvalue weighted by molar-refractivity contribution is 5.81. The van der Waals surface area contributed by atoms with Gasteiger partial charge in [-0.3, -0.25) is 0 Å². The molecule has 0 fully saturated rings. The van der Waals surface area contributed by atoms with E-state index in [0.29, 0.717) is 0 Å². The molecule has 0 saturated heterocycles. The Morgan fingerprint density at radius 1 is 0.938 bits per heavy atom. The Kier molecular flexibility index (Phi) is 3.99. The highest BCUT2D eigenvalue weighted by Crippen LogP contribution is 2.26. The second-order valence-electron chi connectivity index (χ2n) is 4.49. The molecule has 0 amide bonds. The zero-order valence-electron chi connectivity index (χ0n) is 10.8. The zero-order chi connectivity index (χ0) is 12.2. The molecule has 2 rings (SSSR count). The van der Waals surface area contributed by atoms with Gasteiger partial charge in [0.05, 0.1) is 11.2 Å². The molecule has 1 heterocycles. The number of benzene rings is 1. The Hall–Kier alpha value is -1.44. The van der Waals surface area contributed by atoms with Crippen LogP contribution in [-0.4, -0.2) is 9.97 Å². The summed E-state index contributed by atoms with van der Waals surface area (Å²) in [4.78, 5) is 8.61. The summed E-state index contributed by atoms with van der Waals surface area (Å²) in [6, 6.07) is 8.13. The van der Waals surface area contributed by atoms with Crippen molar-refractivity contribution in [2.24, 2.45) is 0 Å². The normalized spacial score (nSPS) is 10.8. The molecule has 0 radical (unpaired) electrons. The van der Waals surface area contributed by atoms with E-state index in [2.05, 4.69) is 36.8 Å². The lowest BCUT2D eigenvalue weighted by Gasteiger charge is -2.18. The molecular formula is C14H20N2. The summed E-state index contributed by atoms with van der Waals surface area (Å²) in [5.74, 6) is 0.